The van der Waals surface area contributed by atoms with Gasteiger partial charge in [0.2, 0.25) is 0 Å². The fourth-order valence-corrected chi connectivity index (χ4v) is 2.63. The second-order valence-electron chi connectivity index (χ2n) is 5.88. The second kappa shape index (κ2) is 11.1. The summed E-state index contributed by atoms with van der Waals surface area (Å²) >= 11 is 0. The average molecular weight is 395 g/mol. The van der Waals surface area contributed by atoms with E-state index in [4.69, 9.17) is 4.74 Å². The molecule has 0 heterocycles. The maximum atomic E-state index is 13.6. The summed E-state index contributed by atoms with van der Waals surface area (Å²) in [6.45, 7) is -1.87. The van der Waals surface area contributed by atoms with Gasteiger partial charge in [-0.1, -0.05) is 24.3 Å². The van der Waals surface area contributed by atoms with Crippen molar-refractivity contribution in [2.75, 3.05) is 27.2 Å². The van der Waals surface area contributed by atoms with Gasteiger partial charge in [0, 0.05) is 20.1 Å². The molecule has 2 aromatic carbocycles. The lowest BCUT2D eigenvalue weighted by Gasteiger charge is -2.14. The molecule has 0 amide bonds. The number of nitrogens with zero attached hydrogens (tertiary/aromatic N) is 1. The molecule has 0 unspecified atom stereocenters. The lowest BCUT2D eigenvalue weighted by molar-refractivity contribution is -0.0512. The van der Waals surface area contributed by atoms with Gasteiger partial charge in [-0.25, -0.2) is 4.39 Å². The summed E-state index contributed by atoms with van der Waals surface area (Å²) < 4.78 is 48.1. The van der Waals surface area contributed by atoms with Crippen LogP contribution >= 0.6 is 0 Å². The van der Waals surface area contributed by atoms with Gasteiger partial charge < -0.3 is 20.1 Å². The van der Waals surface area contributed by atoms with E-state index in [1.54, 1.807) is 37.4 Å². The molecule has 8 heteroatoms. The van der Waals surface area contributed by atoms with Crippen LogP contribution in [0.5, 0.6) is 11.5 Å². The van der Waals surface area contributed by atoms with Gasteiger partial charge in [0.1, 0.15) is 5.82 Å². The number of benzene rings is 2. The topological polar surface area (TPSA) is 54.9 Å². The molecule has 0 saturated carbocycles. The van der Waals surface area contributed by atoms with E-state index in [0.29, 0.717) is 37.5 Å². The molecule has 0 radical (unpaired) electrons. The van der Waals surface area contributed by atoms with Crippen LogP contribution in [0.1, 0.15) is 11.1 Å². The standard InChI is InChI=1S/C20H24F3N3O2/c1-24-20(26-12-10-15-5-3-4-6-16(15)21)25-11-9-14-7-8-17(27-2)18(13-14)28-19(22)23/h3-8,13,19H,9-12H2,1-2H3,(H2,24,25,26). The summed E-state index contributed by atoms with van der Waals surface area (Å²) in [6.07, 6.45) is 1.10. The zero-order chi connectivity index (χ0) is 20.4. The minimum atomic E-state index is -2.92. The number of nitrogens with one attached hydrogen (secondary N) is 2. The Labute approximate surface area is 162 Å². The van der Waals surface area contributed by atoms with Gasteiger partial charge >= 0.3 is 6.61 Å². The van der Waals surface area contributed by atoms with Crippen LogP contribution in [0, 0.1) is 5.82 Å². The van der Waals surface area contributed by atoms with Crippen molar-refractivity contribution in [3.63, 3.8) is 0 Å². The monoisotopic (exact) mass is 395 g/mol. The zero-order valence-corrected chi connectivity index (χ0v) is 15.8. The van der Waals surface area contributed by atoms with Crippen molar-refractivity contribution >= 4 is 5.96 Å². The highest BCUT2D eigenvalue weighted by atomic mass is 19.3. The van der Waals surface area contributed by atoms with Crippen LogP contribution in [0.3, 0.4) is 0 Å². The third-order valence-electron chi connectivity index (χ3n) is 4.02. The maximum Gasteiger partial charge on any atom is 0.387 e. The summed E-state index contributed by atoms with van der Waals surface area (Å²) in [5.41, 5.74) is 1.45. The molecule has 0 aromatic heterocycles. The van der Waals surface area contributed by atoms with Crippen molar-refractivity contribution in [3.05, 3.63) is 59.4 Å². The first kappa shape index (κ1) is 21.4. The Morgan fingerprint density at radius 1 is 1.04 bits per heavy atom. The van der Waals surface area contributed by atoms with Gasteiger partial charge in [0.05, 0.1) is 7.11 Å². The first-order chi connectivity index (χ1) is 13.5. The van der Waals surface area contributed by atoms with Crippen LogP contribution in [0.25, 0.3) is 0 Å². The number of aliphatic imine (C=N–C) groups is 1. The Kier molecular flexibility index (Phi) is 8.45. The number of rotatable bonds is 9. The highest BCUT2D eigenvalue weighted by molar-refractivity contribution is 5.79. The molecule has 5 nitrogen and oxygen atoms in total. The van der Waals surface area contributed by atoms with Crippen molar-refractivity contribution < 1.29 is 22.6 Å². The molecular formula is C20H24F3N3O2. The van der Waals surface area contributed by atoms with Gasteiger partial charge in [0.15, 0.2) is 17.5 Å². The SMILES string of the molecule is CN=C(NCCc1ccc(OC)c(OC(F)F)c1)NCCc1ccccc1F. The molecule has 0 atom stereocenters. The molecule has 0 spiro atoms. The van der Waals surface area contributed by atoms with Crippen LogP contribution in [0.2, 0.25) is 0 Å². The summed E-state index contributed by atoms with van der Waals surface area (Å²) in [5.74, 6) is 0.604. The maximum absolute atomic E-state index is 13.6. The highest BCUT2D eigenvalue weighted by Crippen LogP contribution is 2.29. The Bertz CT molecular complexity index is 785. The first-order valence-corrected chi connectivity index (χ1v) is 8.83. The van der Waals surface area contributed by atoms with E-state index in [0.717, 1.165) is 5.56 Å². The third-order valence-corrected chi connectivity index (χ3v) is 4.02. The van der Waals surface area contributed by atoms with Crippen LogP contribution in [-0.2, 0) is 12.8 Å². The van der Waals surface area contributed by atoms with Crippen LogP contribution in [-0.4, -0.2) is 39.8 Å². The molecule has 2 aromatic rings. The van der Waals surface area contributed by atoms with Crippen LogP contribution < -0.4 is 20.1 Å². The minimum Gasteiger partial charge on any atom is -0.493 e. The molecule has 0 bridgehead atoms. The third kappa shape index (κ3) is 6.68. The normalized spacial score (nSPS) is 11.4. The predicted molar refractivity (Wildman–Crippen MR) is 103 cm³/mol. The molecule has 28 heavy (non-hydrogen) atoms. The smallest absolute Gasteiger partial charge is 0.387 e. The fraction of sp³-hybridized carbons (Fsp3) is 0.350. The molecule has 2 N–H and O–H groups in total. The predicted octanol–water partition coefficient (Wildman–Crippen LogP) is 3.39. The van der Waals surface area contributed by atoms with Gasteiger partial charge in [-0.05, 0) is 42.2 Å². The van der Waals surface area contributed by atoms with E-state index in [2.05, 4.69) is 20.4 Å². The van der Waals surface area contributed by atoms with Crippen molar-refractivity contribution in [1.29, 1.82) is 0 Å². The number of hydrogen-bond donors (Lipinski definition) is 2. The summed E-state index contributed by atoms with van der Waals surface area (Å²) in [7, 11) is 3.03. The van der Waals surface area contributed by atoms with Crippen molar-refractivity contribution in [1.82, 2.24) is 10.6 Å². The number of halogens is 3. The Morgan fingerprint density at radius 2 is 1.75 bits per heavy atom. The summed E-state index contributed by atoms with van der Waals surface area (Å²) in [4.78, 5) is 4.11. The molecule has 0 aliphatic rings. The zero-order valence-electron chi connectivity index (χ0n) is 15.8. The van der Waals surface area contributed by atoms with E-state index in [1.807, 2.05) is 0 Å². The molecule has 0 aliphatic heterocycles. The van der Waals surface area contributed by atoms with Crippen molar-refractivity contribution in [2.45, 2.75) is 19.5 Å². The molecule has 0 aliphatic carbocycles. The molecule has 0 fully saturated rings. The van der Waals surface area contributed by atoms with E-state index in [-0.39, 0.29) is 17.3 Å². The van der Waals surface area contributed by atoms with E-state index >= 15 is 0 Å². The van der Waals surface area contributed by atoms with Gasteiger partial charge in [0.25, 0.3) is 0 Å². The second-order valence-corrected chi connectivity index (χ2v) is 5.88. The lowest BCUT2D eigenvalue weighted by atomic mass is 10.1. The number of alkyl halides is 2. The van der Waals surface area contributed by atoms with Gasteiger partial charge in [-0.15, -0.1) is 0 Å². The van der Waals surface area contributed by atoms with E-state index in [9.17, 15) is 13.2 Å². The Balaban J connectivity index is 1.81. The molecule has 152 valence electrons. The van der Waals surface area contributed by atoms with Crippen LogP contribution in [0.15, 0.2) is 47.5 Å². The summed E-state index contributed by atoms with van der Waals surface area (Å²) in [6, 6.07) is 11.5. The first-order valence-electron chi connectivity index (χ1n) is 8.83. The lowest BCUT2D eigenvalue weighted by Crippen LogP contribution is -2.39. The quantitative estimate of drug-likeness (QED) is 0.505. The molecule has 2 rings (SSSR count). The largest absolute Gasteiger partial charge is 0.493 e. The number of hydrogen-bond acceptors (Lipinski definition) is 3. The fourth-order valence-electron chi connectivity index (χ4n) is 2.63. The van der Waals surface area contributed by atoms with Crippen molar-refractivity contribution in [3.8, 4) is 11.5 Å². The van der Waals surface area contributed by atoms with Gasteiger partial charge in [-0.3, -0.25) is 4.99 Å². The van der Waals surface area contributed by atoms with Crippen molar-refractivity contribution in [2.24, 2.45) is 4.99 Å². The average Bonchev–Trinajstić information content (AvgIpc) is 2.68. The number of ether oxygens (including phenoxy) is 2. The van der Waals surface area contributed by atoms with Crippen LogP contribution in [0.4, 0.5) is 13.2 Å². The molecular weight excluding hydrogens is 371 g/mol. The molecule has 0 saturated heterocycles. The highest BCUT2D eigenvalue weighted by Gasteiger charge is 2.11. The van der Waals surface area contributed by atoms with Gasteiger partial charge in [-0.2, -0.15) is 8.78 Å². The number of methoxy groups -OCH3 is 1. The minimum absolute atomic E-state index is 0.00222. The van der Waals surface area contributed by atoms with E-state index < -0.39 is 6.61 Å². The Morgan fingerprint density at radius 3 is 2.39 bits per heavy atom. The van der Waals surface area contributed by atoms with E-state index in [1.165, 1.54) is 19.2 Å². The summed E-state index contributed by atoms with van der Waals surface area (Å²) in [5, 5.41) is 6.25. The Hall–Kier alpha value is -2.90. The number of guanidine groups is 1.